The predicted octanol–water partition coefficient (Wildman–Crippen LogP) is 0.933. The van der Waals surface area contributed by atoms with E-state index in [0.29, 0.717) is 0 Å². The number of esters is 1. The van der Waals surface area contributed by atoms with Gasteiger partial charge in [0, 0.05) is 0 Å². The second kappa shape index (κ2) is 7.60. The van der Waals surface area contributed by atoms with Gasteiger partial charge in [-0.05, 0) is 33.1 Å². The van der Waals surface area contributed by atoms with Crippen molar-refractivity contribution in [1.82, 2.24) is 9.44 Å². The molecule has 0 unspecified atom stereocenters. The maximum absolute atomic E-state index is 11.8. The van der Waals surface area contributed by atoms with Crippen molar-refractivity contribution < 1.29 is 27.5 Å². The molecule has 0 aromatic rings. The molecule has 0 aromatic carbocycles. The van der Waals surface area contributed by atoms with E-state index in [9.17, 15) is 18.0 Å². The Labute approximate surface area is 125 Å². The molecular weight excluding hydrogens is 300 g/mol. The minimum absolute atomic E-state index is 0.0540. The number of ether oxygens (including phenoxy) is 2. The average molecular weight is 324 g/mol. The molecule has 0 spiro atoms. The number of nitrogens with one attached hydrogen (secondary N) is 2. The Morgan fingerprint density at radius 1 is 1.19 bits per heavy atom. The highest BCUT2D eigenvalue weighted by atomic mass is 32.2. The molecule has 1 amide bonds. The van der Waals surface area contributed by atoms with Gasteiger partial charge in [-0.1, -0.05) is 13.8 Å². The van der Waals surface area contributed by atoms with Gasteiger partial charge in [0.05, 0.1) is 7.11 Å². The van der Waals surface area contributed by atoms with E-state index >= 15 is 0 Å². The highest BCUT2D eigenvalue weighted by molar-refractivity contribution is 7.88. The molecule has 0 fully saturated rings. The Morgan fingerprint density at radius 2 is 1.71 bits per heavy atom. The van der Waals surface area contributed by atoms with Gasteiger partial charge in [-0.25, -0.2) is 9.52 Å². The van der Waals surface area contributed by atoms with Crippen molar-refractivity contribution in [2.75, 3.05) is 7.11 Å². The molecule has 0 heterocycles. The Kier molecular flexibility index (Phi) is 7.11. The van der Waals surface area contributed by atoms with Gasteiger partial charge in [0.15, 0.2) is 0 Å². The first kappa shape index (κ1) is 19.7. The van der Waals surface area contributed by atoms with E-state index in [1.54, 1.807) is 25.5 Å². The molecule has 9 heteroatoms. The summed E-state index contributed by atoms with van der Waals surface area (Å²) in [6, 6.07) is -1.07. The smallest absolute Gasteiger partial charge is 0.422 e. The van der Waals surface area contributed by atoms with Crippen molar-refractivity contribution in [3.05, 3.63) is 0 Å². The fourth-order valence-electron chi connectivity index (χ4n) is 1.43. The summed E-state index contributed by atoms with van der Waals surface area (Å²) in [5.41, 5.74) is -0.834. The molecule has 0 aromatic heterocycles. The fourth-order valence-corrected chi connectivity index (χ4v) is 2.32. The summed E-state index contributed by atoms with van der Waals surface area (Å²) in [5.74, 6) is -0.670. The van der Waals surface area contributed by atoms with Gasteiger partial charge in [0.1, 0.15) is 11.6 Å². The lowest BCUT2D eigenvalue weighted by Crippen LogP contribution is -2.49. The molecule has 1 atom stereocenters. The number of carbonyl (C=O) groups excluding carboxylic acids is 2. The van der Waals surface area contributed by atoms with Crippen LogP contribution < -0.4 is 9.44 Å². The highest BCUT2D eigenvalue weighted by Crippen LogP contribution is 2.09. The van der Waals surface area contributed by atoms with Crippen LogP contribution in [0.25, 0.3) is 0 Å². The van der Waals surface area contributed by atoms with Gasteiger partial charge in [0.25, 0.3) is 0 Å². The number of rotatable bonds is 6. The summed E-state index contributed by atoms with van der Waals surface area (Å²) in [6.07, 6.45) is -0.884. The molecule has 0 aliphatic carbocycles. The van der Waals surface area contributed by atoms with Gasteiger partial charge >= 0.3 is 22.3 Å². The zero-order valence-corrected chi connectivity index (χ0v) is 14.0. The summed E-state index contributed by atoms with van der Waals surface area (Å²) in [5, 5.41) is 0. The number of carbonyl (C=O) groups is 2. The normalized spacial score (nSPS) is 13.7. The van der Waals surface area contributed by atoms with Crippen LogP contribution in [-0.4, -0.2) is 39.2 Å². The van der Waals surface area contributed by atoms with E-state index in [1.807, 2.05) is 13.8 Å². The second-order valence-corrected chi connectivity index (χ2v) is 7.38. The number of hydrogen-bond donors (Lipinski definition) is 2. The van der Waals surface area contributed by atoms with Crippen molar-refractivity contribution in [3.63, 3.8) is 0 Å². The van der Waals surface area contributed by atoms with E-state index < -0.39 is 33.9 Å². The Balaban J connectivity index is 4.82. The van der Waals surface area contributed by atoms with Crippen LogP contribution in [-0.2, 0) is 24.5 Å². The summed E-state index contributed by atoms with van der Waals surface area (Å²) in [6.45, 7) is 8.45. The predicted molar refractivity (Wildman–Crippen MR) is 76.7 cm³/mol. The van der Waals surface area contributed by atoms with Gasteiger partial charge in [0.2, 0.25) is 0 Å². The van der Waals surface area contributed by atoms with Crippen LogP contribution in [0.4, 0.5) is 4.79 Å². The third kappa shape index (κ3) is 9.24. The van der Waals surface area contributed by atoms with Crippen LogP contribution in [0.15, 0.2) is 0 Å². The van der Waals surface area contributed by atoms with Crippen LogP contribution in [0.2, 0.25) is 0 Å². The van der Waals surface area contributed by atoms with Gasteiger partial charge in [-0.15, -0.1) is 0 Å². The van der Waals surface area contributed by atoms with Crippen molar-refractivity contribution in [3.8, 4) is 0 Å². The minimum atomic E-state index is -4.23. The lowest BCUT2D eigenvalue weighted by Gasteiger charge is -2.21. The monoisotopic (exact) mass is 324 g/mol. The molecule has 0 bridgehead atoms. The molecule has 0 rings (SSSR count). The molecule has 21 heavy (non-hydrogen) atoms. The summed E-state index contributed by atoms with van der Waals surface area (Å²) in [4.78, 5) is 23.0. The fraction of sp³-hybridized carbons (Fsp3) is 0.833. The molecule has 0 saturated heterocycles. The SMILES string of the molecule is COC(=O)[C@H](CC(C)C)NS(=O)(=O)NC(=O)OC(C)(C)C. The number of amides is 1. The van der Waals surface area contributed by atoms with Crippen molar-refractivity contribution in [1.29, 1.82) is 0 Å². The highest BCUT2D eigenvalue weighted by Gasteiger charge is 2.28. The first-order valence-corrected chi connectivity index (χ1v) is 7.95. The van der Waals surface area contributed by atoms with Gasteiger partial charge in [-0.2, -0.15) is 13.1 Å². The number of hydrogen-bond acceptors (Lipinski definition) is 6. The summed E-state index contributed by atoms with van der Waals surface area (Å²) in [7, 11) is -3.07. The maximum Gasteiger partial charge on any atom is 0.422 e. The molecule has 0 radical (unpaired) electrons. The lowest BCUT2D eigenvalue weighted by molar-refractivity contribution is -0.143. The second-order valence-electron chi connectivity index (χ2n) is 5.93. The standard InChI is InChI=1S/C12H24N2O6S/c1-8(2)7-9(10(15)19-6)13-21(17,18)14-11(16)20-12(3,4)5/h8-9,13H,7H2,1-6H3,(H,14,16)/t9-/m0/s1. The molecule has 8 nitrogen and oxygen atoms in total. The lowest BCUT2D eigenvalue weighted by atomic mass is 10.1. The van der Waals surface area contributed by atoms with Crippen LogP contribution in [0.1, 0.15) is 41.0 Å². The van der Waals surface area contributed by atoms with Crippen molar-refractivity contribution in [2.45, 2.75) is 52.7 Å². The molecule has 0 saturated carbocycles. The van der Waals surface area contributed by atoms with E-state index in [4.69, 9.17) is 4.74 Å². The van der Waals surface area contributed by atoms with E-state index in [1.165, 1.54) is 0 Å². The molecule has 0 aliphatic rings. The zero-order valence-electron chi connectivity index (χ0n) is 13.2. The minimum Gasteiger partial charge on any atom is -0.468 e. The van der Waals surface area contributed by atoms with Crippen LogP contribution in [0.5, 0.6) is 0 Å². The van der Waals surface area contributed by atoms with Crippen molar-refractivity contribution in [2.24, 2.45) is 5.92 Å². The largest absolute Gasteiger partial charge is 0.468 e. The molecule has 2 N–H and O–H groups in total. The van der Waals surface area contributed by atoms with Gasteiger partial charge < -0.3 is 9.47 Å². The third-order valence-electron chi connectivity index (χ3n) is 2.11. The first-order chi connectivity index (χ1) is 9.36. The molecule has 124 valence electrons. The van der Waals surface area contributed by atoms with E-state index in [-0.39, 0.29) is 12.3 Å². The first-order valence-electron chi connectivity index (χ1n) is 6.47. The average Bonchev–Trinajstić information content (AvgIpc) is 2.22. The van der Waals surface area contributed by atoms with Crippen LogP contribution in [0, 0.1) is 5.92 Å². The molecule has 0 aliphatic heterocycles. The van der Waals surface area contributed by atoms with E-state index in [2.05, 4.69) is 9.46 Å². The number of methoxy groups -OCH3 is 1. The Hall–Kier alpha value is -1.35. The van der Waals surface area contributed by atoms with Crippen LogP contribution >= 0.6 is 0 Å². The van der Waals surface area contributed by atoms with Crippen LogP contribution in [0.3, 0.4) is 0 Å². The topological polar surface area (TPSA) is 111 Å². The van der Waals surface area contributed by atoms with Crippen molar-refractivity contribution >= 4 is 22.3 Å². The third-order valence-corrected chi connectivity index (χ3v) is 3.14. The summed E-state index contributed by atoms with van der Waals surface area (Å²) >= 11 is 0. The zero-order chi connectivity index (χ0) is 16.8. The Morgan fingerprint density at radius 3 is 2.10 bits per heavy atom. The maximum atomic E-state index is 11.8. The van der Waals surface area contributed by atoms with E-state index in [0.717, 1.165) is 7.11 Å². The Bertz CT molecular complexity index is 467. The summed E-state index contributed by atoms with van der Waals surface area (Å²) < 4.78 is 36.8. The molecular formula is C12H24N2O6S. The quantitative estimate of drug-likeness (QED) is 0.703. The van der Waals surface area contributed by atoms with Gasteiger partial charge in [-0.3, -0.25) is 4.79 Å².